The summed E-state index contributed by atoms with van der Waals surface area (Å²) >= 11 is 2.01. The predicted octanol–water partition coefficient (Wildman–Crippen LogP) is 5.95. The van der Waals surface area contributed by atoms with E-state index in [9.17, 15) is 0 Å². The van der Waals surface area contributed by atoms with E-state index in [4.69, 9.17) is 0 Å². The second-order valence-electron chi connectivity index (χ2n) is 6.03. The predicted molar refractivity (Wildman–Crippen MR) is 80.1 cm³/mol. The van der Waals surface area contributed by atoms with Gasteiger partial charge in [-0.15, -0.1) is 11.3 Å². The molecule has 1 rings (SSSR count). The maximum absolute atomic E-state index is 2.33. The van der Waals surface area contributed by atoms with Crippen LogP contribution in [-0.2, 0) is 11.8 Å². The second kappa shape index (κ2) is 7.20. The zero-order chi connectivity index (χ0) is 12.7. The summed E-state index contributed by atoms with van der Waals surface area (Å²) in [5.41, 5.74) is 0.323. The fourth-order valence-corrected chi connectivity index (χ4v) is 3.10. The van der Waals surface area contributed by atoms with Gasteiger partial charge in [-0.1, -0.05) is 59.8 Å². The molecule has 98 valence electrons. The van der Waals surface area contributed by atoms with Crippen molar-refractivity contribution < 1.29 is 0 Å². The Hall–Kier alpha value is -0.300. The molecule has 0 N–H and O–H groups in total. The van der Waals surface area contributed by atoms with Crippen molar-refractivity contribution in [3.05, 3.63) is 21.9 Å². The van der Waals surface area contributed by atoms with Gasteiger partial charge >= 0.3 is 0 Å². The van der Waals surface area contributed by atoms with Crippen LogP contribution in [0, 0.1) is 0 Å². The van der Waals surface area contributed by atoms with Gasteiger partial charge in [0, 0.05) is 9.75 Å². The summed E-state index contributed by atoms with van der Waals surface area (Å²) in [5.74, 6) is 0. The first kappa shape index (κ1) is 14.8. The molecular weight excluding hydrogens is 224 g/mol. The van der Waals surface area contributed by atoms with Crippen LogP contribution in [0.15, 0.2) is 12.1 Å². The van der Waals surface area contributed by atoms with E-state index in [1.807, 2.05) is 11.3 Å². The van der Waals surface area contributed by atoms with Crippen LogP contribution in [0.1, 0.15) is 76.0 Å². The summed E-state index contributed by atoms with van der Waals surface area (Å²) < 4.78 is 0. The van der Waals surface area contributed by atoms with Crippen LogP contribution in [0.5, 0.6) is 0 Å². The first-order chi connectivity index (χ1) is 8.04. The van der Waals surface area contributed by atoms with Crippen molar-refractivity contribution in [1.82, 2.24) is 0 Å². The van der Waals surface area contributed by atoms with Gasteiger partial charge in [-0.05, 0) is 30.4 Å². The standard InChI is InChI=1S/C16H28S/c1-5-6-7-8-9-10-11-14-12-13-15(17-14)16(2,3)4/h12-13H,5-11H2,1-4H3. The van der Waals surface area contributed by atoms with Crippen LogP contribution < -0.4 is 0 Å². The highest BCUT2D eigenvalue weighted by Crippen LogP contribution is 2.30. The lowest BCUT2D eigenvalue weighted by molar-refractivity contribution is 0.604. The second-order valence-corrected chi connectivity index (χ2v) is 7.20. The molecule has 0 saturated heterocycles. The summed E-state index contributed by atoms with van der Waals surface area (Å²) in [6.45, 7) is 9.17. The Morgan fingerprint density at radius 2 is 1.59 bits per heavy atom. The molecular formula is C16H28S. The van der Waals surface area contributed by atoms with E-state index < -0.39 is 0 Å². The fraction of sp³-hybridized carbons (Fsp3) is 0.750. The van der Waals surface area contributed by atoms with Crippen molar-refractivity contribution in [2.24, 2.45) is 0 Å². The highest BCUT2D eigenvalue weighted by atomic mass is 32.1. The smallest absolute Gasteiger partial charge is 0.0102 e. The van der Waals surface area contributed by atoms with E-state index in [0.717, 1.165) is 0 Å². The molecule has 0 aliphatic carbocycles. The third-order valence-electron chi connectivity index (χ3n) is 3.18. The zero-order valence-electron chi connectivity index (χ0n) is 12.0. The molecule has 1 heterocycles. The minimum atomic E-state index is 0.323. The van der Waals surface area contributed by atoms with Crippen molar-refractivity contribution in [3.8, 4) is 0 Å². The van der Waals surface area contributed by atoms with Gasteiger partial charge in [-0.3, -0.25) is 0 Å². The number of rotatable bonds is 7. The van der Waals surface area contributed by atoms with E-state index in [0.29, 0.717) is 5.41 Å². The van der Waals surface area contributed by atoms with Gasteiger partial charge in [0.15, 0.2) is 0 Å². The molecule has 0 spiro atoms. The summed E-state index contributed by atoms with van der Waals surface area (Å²) in [5, 5.41) is 0. The molecule has 0 fully saturated rings. The zero-order valence-corrected chi connectivity index (χ0v) is 12.8. The minimum absolute atomic E-state index is 0.323. The highest BCUT2D eigenvalue weighted by molar-refractivity contribution is 7.12. The van der Waals surface area contributed by atoms with Crippen LogP contribution in [0.25, 0.3) is 0 Å². The van der Waals surface area contributed by atoms with Gasteiger partial charge in [0.2, 0.25) is 0 Å². The molecule has 0 nitrogen and oxygen atoms in total. The van der Waals surface area contributed by atoms with Gasteiger partial charge in [0.25, 0.3) is 0 Å². The van der Waals surface area contributed by atoms with Gasteiger partial charge in [0.05, 0.1) is 0 Å². The van der Waals surface area contributed by atoms with Crippen molar-refractivity contribution in [2.45, 2.75) is 78.1 Å². The van der Waals surface area contributed by atoms with E-state index >= 15 is 0 Å². The molecule has 1 aromatic heterocycles. The maximum atomic E-state index is 2.33. The molecule has 0 bridgehead atoms. The number of thiophene rings is 1. The minimum Gasteiger partial charge on any atom is -0.145 e. The Morgan fingerprint density at radius 3 is 2.18 bits per heavy atom. The van der Waals surface area contributed by atoms with Crippen LogP contribution in [0.3, 0.4) is 0 Å². The number of hydrogen-bond donors (Lipinski definition) is 0. The summed E-state index contributed by atoms with van der Waals surface area (Å²) in [6.07, 6.45) is 9.66. The molecule has 0 atom stereocenters. The van der Waals surface area contributed by atoms with Crippen molar-refractivity contribution in [1.29, 1.82) is 0 Å². The lowest BCUT2D eigenvalue weighted by Crippen LogP contribution is -2.07. The summed E-state index contributed by atoms with van der Waals surface area (Å²) in [7, 11) is 0. The lowest BCUT2D eigenvalue weighted by atomic mass is 9.95. The largest absolute Gasteiger partial charge is 0.145 e. The molecule has 0 unspecified atom stereocenters. The van der Waals surface area contributed by atoms with Crippen molar-refractivity contribution >= 4 is 11.3 Å². The highest BCUT2D eigenvalue weighted by Gasteiger charge is 2.15. The Labute approximate surface area is 111 Å². The lowest BCUT2D eigenvalue weighted by Gasteiger charge is -2.15. The number of aryl methyl sites for hydroxylation is 1. The van der Waals surface area contributed by atoms with Crippen molar-refractivity contribution in [3.63, 3.8) is 0 Å². The Balaban J connectivity index is 2.21. The average molecular weight is 252 g/mol. The van der Waals surface area contributed by atoms with Gasteiger partial charge in [-0.25, -0.2) is 0 Å². The summed E-state index contributed by atoms with van der Waals surface area (Å²) in [4.78, 5) is 3.10. The van der Waals surface area contributed by atoms with Crippen LogP contribution in [-0.4, -0.2) is 0 Å². The third kappa shape index (κ3) is 5.72. The SMILES string of the molecule is CCCCCCCCc1ccc(C(C)(C)C)s1. The molecule has 1 aromatic rings. The summed E-state index contributed by atoms with van der Waals surface area (Å²) in [6, 6.07) is 4.65. The van der Waals surface area contributed by atoms with Gasteiger partial charge in [-0.2, -0.15) is 0 Å². The van der Waals surface area contributed by atoms with E-state index in [1.54, 1.807) is 4.88 Å². The first-order valence-electron chi connectivity index (χ1n) is 7.13. The Kier molecular flexibility index (Phi) is 6.26. The molecule has 0 saturated carbocycles. The van der Waals surface area contributed by atoms with Crippen LogP contribution in [0.2, 0.25) is 0 Å². The van der Waals surface area contributed by atoms with Gasteiger partial charge < -0.3 is 0 Å². The Bertz CT molecular complexity index is 304. The molecule has 0 radical (unpaired) electrons. The van der Waals surface area contributed by atoms with Crippen LogP contribution in [0.4, 0.5) is 0 Å². The first-order valence-corrected chi connectivity index (χ1v) is 7.95. The molecule has 1 heteroatoms. The Morgan fingerprint density at radius 1 is 0.941 bits per heavy atom. The van der Waals surface area contributed by atoms with Gasteiger partial charge in [0.1, 0.15) is 0 Å². The number of unbranched alkanes of at least 4 members (excludes halogenated alkanes) is 5. The molecule has 0 amide bonds. The van der Waals surface area contributed by atoms with E-state index in [2.05, 4.69) is 39.8 Å². The number of hydrogen-bond acceptors (Lipinski definition) is 1. The third-order valence-corrected chi connectivity index (χ3v) is 4.75. The quantitative estimate of drug-likeness (QED) is 0.526. The van der Waals surface area contributed by atoms with E-state index in [-0.39, 0.29) is 0 Å². The van der Waals surface area contributed by atoms with Crippen molar-refractivity contribution in [2.75, 3.05) is 0 Å². The van der Waals surface area contributed by atoms with Crippen LogP contribution >= 0.6 is 11.3 Å². The van der Waals surface area contributed by atoms with E-state index in [1.165, 1.54) is 49.8 Å². The maximum Gasteiger partial charge on any atom is 0.0102 e. The normalized spacial score (nSPS) is 12.0. The molecule has 0 aromatic carbocycles. The fourth-order valence-electron chi connectivity index (χ4n) is 1.99. The topological polar surface area (TPSA) is 0 Å². The molecule has 0 aliphatic rings. The molecule has 0 aliphatic heterocycles. The monoisotopic (exact) mass is 252 g/mol. The molecule has 17 heavy (non-hydrogen) atoms. The average Bonchev–Trinajstić information content (AvgIpc) is 2.71.